The maximum Gasteiger partial charge on any atom is 0.244 e. The molecule has 1 aliphatic heterocycles. The first-order chi connectivity index (χ1) is 11.5. The molecule has 1 aliphatic rings. The number of nitrogens with zero attached hydrogens (tertiary/aromatic N) is 3. The third kappa shape index (κ3) is 3.67. The molecule has 2 aromatic rings. The number of sulfonamides is 1. The van der Waals surface area contributed by atoms with Crippen LogP contribution in [0.15, 0.2) is 47.5 Å². The molecule has 5 nitrogen and oxygen atoms in total. The second kappa shape index (κ2) is 7.27. The molecule has 1 fully saturated rings. The van der Waals surface area contributed by atoms with E-state index in [0.717, 1.165) is 18.7 Å². The van der Waals surface area contributed by atoms with Gasteiger partial charge in [0.05, 0.1) is 5.02 Å². The lowest BCUT2D eigenvalue weighted by Crippen LogP contribution is -2.35. The number of pyridine rings is 1. The van der Waals surface area contributed by atoms with E-state index in [1.165, 1.54) is 4.31 Å². The van der Waals surface area contributed by atoms with E-state index in [4.69, 9.17) is 23.2 Å². The fraction of sp³-hybridized carbons (Fsp3) is 0.312. The Morgan fingerprint density at radius 1 is 1.00 bits per heavy atom. The van der Waals surface area contributed by atoms with Gasteiger partial charge in [-0.25, -0.2) is 13.4 Å². The van der Waals surface area contributed by atoms with Crippen molar-refractivity contribution in [1.29, 1.82) is 0 Å². The van der Waals surface area contributed by atoms with Crippen LogP contribution < -0.4 is 4.90 Å². The molecule has 1 aromatic carbocycles. The van der Waals surface area contributed by atoms with Crippen LogP contribution in [-0.4, -0.2) is 43.9 Å². The Hall–Kier alpha value is -1.34. The summed E-state index contributed by atoms with van der Waals surface area (Å²) >= 11 is 12.0. The first-order valence-corrected chi connectivity index (χ1v) is 9.79. The van der Waals surface area contributed by atoms with Gasteiger partial charge in [0.25, 0.3) is 0 Å². The molecule has 0 N–H and O–H groups in total. The van der Waals surface area contributed by atoms with Gasteiger partial charge >= 0.3 is 0 Å². The van der Waals surface area contributed by atoms with Crippen molar-refractivity contribution in [2.45, 2.75) is 11.3 Å². The number of rotatable bonds is 3. The van der Waals surface area contributed by atoms with Gasteiger partial charge in [-0.05, 0) is 30.7 Å². The third-order valence-corrected chi connectivity index (χ3v) is 6.59. The molecule has 1 saturated heterocycles. The predicted octanol–water partition coefficient (Wildman–Crippen LogP) is 3.29. The van der Waals surface area contributed by atoms with Gasteiger partial charge in [-0.15, -0.1) is 0 Å². The van der Waals surface area contributed by atoms with Crippen molar-refractivity contribution in [3.63, 3.8) is 0 Å². The number of benzene rings is 1. The van der Waals surface area contributed by atoms with Gasteiger partial charge in [0.15, 0.2) is 0 Å². The first-order valence-electron chi connectivity index (χ1n) is 7.60. The smallest absolute Gasteiger partial charge is 0.244 e. The van der Waals surface area contributed by atoms with E-state index in [0.29, 0.717) is 24.8 Å². The van der Waals surface area contributed by atoms with E-state index in [2.05, 4.69) is 9.88 Å². The Morgan fingerprint density at radius 2 is 1.79 bits per heavy atom. The van der Waals surface area contributed by atoms with E-state index in [1.807, 2.05) is 6.07 Å². The quantitative estimate of drug-likeness (QED) is 0.760. The fourth-order valence-corrected chi connectivity index (χ4v) is 4.91. The number of hydrogen-bond donors (Lipinski definition) is 0. The lowest BCUT2D eigenvalue weighted by molar-refractivity contribution is 0.433. The SMILES string of the molecule is O=S(=O)(c1ccccc1Cl)N1CCCN(c2ccnc(Cl)c2)CC1. The summed E-state index contributed by atoms with van der Waals surface area (Å²) in [6.45, 7) is 2.20. The van der Waals surface area contributed by atoms with E-state index in [-0.39, 0.29) is 9.92 Å². The van der Waals surface area contributed by atoms with Crippen molar-refractivity contribution in [3.05, 3.63) is 52.8 Å². The summed E-state index contributed by atoms with van der Waals surface area (Å²) in [4.78, 5) is 6.26. The van der Waals surface area contributed by atoms with Gasteiger partial charge in [0, 0.05) is 38.1 Å². The van der Waals surface area contributed by atoms with Crippen LogP contribution in [-0.2, 0) is 10.0 Å². The zero-order chi connectivity index (χ0) is 17.2. The lowest BCUT2D eigenvalue weighted by atomic mass is 10.3. The van der Waals surface area contributed by atoms with Crippen molar-refractivity contribution >= 4 is 38.9 Å². The van der Waals surface area contributed by atoms with Gasteiger partial charge in [-0.1, -0.05) is 35.3 Å². The van der Waals surface area contributed by atoms with Crippen LogP contribution in [0.4, 0.5) is 5.69 Å². The Balaban J connectivity index is 1.79. The van der Waals surface area contributed by atoms with Gasteiger partial charge in [-0.3, -0.25) is 0 Å². The molecule has 2 heterocycles. The molecule has 3 rings (SSSR count). The highest BCUT2D eigenvalue weighted by atomic mass is 35.5. The lowest BCUT2D eigenvalue weighted by Gasteiger charge is -2.23. The second-order valence-corrected chi connectivity index (χ2v) is 8.21. The molecular weight excluding hydrogens is 369 g/mol. The molecule has 0 atom stereocenters. The molecule has 0 unspecified atom stereocenters. The summed E-state index contributed by atoms with van der Waals surface area (Å²) < 4.78 is 27.2. The van der Waals surface area contributed by atoms with E-state index in [9.17, 15) is 8.42 Å². The van der Waals surface area contributed by atoms with E-state index < -0.39 is 10.0 Å². The molecule has 24 heavy (non-hydrogen) atoms. The molecule has 8 heteroatoms. The largest absolute Gasteiger partial charge is 0.370 e. The maximum absolute atomic E-state index is 12.8. The third-order valence-electron chi connectivity index (χ3n) is 3.98. The van der Waals surface area contributed by atoms with Crippen molar-refractivity contribution in [2.75, 3.05) is 31.1 Å². The minimum absolute atomic E-state index is 0.159. The standard InChI is InChI=1S/C16H17Cl2N3O2S/c17-14-4-1-2-5-15(14)24(22,23)21-9-3-8-20(10-11-21)13-6-7-19-16(18)12-13/h1-2,4-7,12H,3,8-11H2. The van der Waals surface area contributed by atoms with Crippen molar-refractivity contribution < 1.29 is 8.42 Å². The van der Waals surface area contributed by atoms with Gasteiger partial charge in [0.1, 0.15) is 10.0 Å². The Labute approximate surface area is 151 Å². The average Bonchev–Trinajstić information content (AvgIpc) is 2.81. The van der Waals surface area contributed by atoms with Crippen molar-refractivity contribution in [2.24, 2.45) is 0 Å². The summed E-state index contributed by atoms with van der Waals surface area (Å²) in [5, 5.41) is 0.678. The van der Waals surface area contributed by atoms with Crippen LogP contribution in [0, 0.1) is 0 Å². The molecule has 0 saturated carbocycles. The fourth-order valence-electron chi connectivity index (χ4n) is 2.77. The molecular formula is C16H17Cl2N3O2S. The van der Waals surface area contributed by atoms with E-state index >= 15 is 0 Å². The molecule has 0 aliphatic carbocycles. The summed E-state index contributed by atoms with van der Waals surface area (Å²) in [5.74, 6) is 0. The van der Waals surface area contributed by atoms with Crippen LogP contribution >= 0.6 is 23.2 Å². The second-order valence-electron chi connectivity index (χ2n) is 5.51. The molecule has 0 amide bonds. The number of halogens is 2. The van der Waals surface area contributed by atoms with Crippen LogP contribution in [0.1, 0.15) is 6.42 Å². The van der Waals surface area contributed by atoms with Crippen molar-refractivity contribution in [3.8, 4) is 0 Å². The Kier molecular flexibility index (Phi) is 5.30. The Morgan fingerprint density at radius 3 is 2.54 bits per heavy atom. The Bertz CT molecular complexity index is 830. The van der Waals surface area contributed by atoms with Crippen LogP contribution in [0.3, 0.4) is 0 Å². The minimum atomic E-state index is -3.59. The highest BCUT2D eigenvalue weighted by Crippen LogP contribution is 2.26. The molecule has 1 aromatic heterocycles. The zero-order valence-corrected chi connectivity index (χ0v) is 15.2. The predicted molar refractivity (Wildman–Crippen MR) is 96.3 cm³/mol. The number of anilines is 1. The summed E-state index contributed by atoms with van der Waals surface area (Å²) in [5.41, 5.74) is 0.951. The van der Waals surface area contributed by atoms with Crippen LogP contribution in [0.2, 0.25) is 10.2 Å². The number of hydrogen-bond acceptors (Lipinski definition) is 4. The first kappa shape index (κ1) is 17.5. The summed E-state index contributed by atoms with van der Waals surface area (Å²) in [7, 11) is -3.59. The van der Waals surface area contributed by atoms with Crippen LogP contribution in [0.25, 0.3) is 0 Å². The minimum Gasteiger partial charge on any atom is -0.370 e. The summed E-state index contributed by atoms with van der Waals surface area (Å²) in [6.07, 6.45) is 2.38. The normalized spacial score (nSPS) is 16.8. The number of aromatic nitrogens is 1. The maximum atomic E-state index is 12.8. The van der Waals surface area contributed by atoms with Crippen molar-refractivity contribution in [1.82, 2.24) is 9.29 Å². The average molecular weight is 386 g/mol. The molecule has 0 bridgehead atoms. The highest BCUT2D eigenvalue weighted by Gasteiger charge is 2.28. The zero-order valence-electron chi connectivity index (χ0n) is 12.9. The highest BCUT2D eigenvalue weighted by molar-refractivity contribution is 7.89. The van der Waals surface area contributed by atoms with Gasteiger partial charge < -0.3 is 4.90 Å². The molecule has 0 radical (unpaired) electrons. The molecule has 0 spiro atoms. The van der Waals surface area contributed by atoms with Gasteiger partial charge in [0.2, 0.25) is 10.0 Å². The monoisotopic (exact) mass is 385 g/mol. The summed E-state index contributed by atoms with van der Waals surface area (Å²) in [6, 6.07) is 10.2. The molecule has 128 valence electrons. The van der Waals surface area contributed by atoms with E-state index in [1.54, 1.807) is 36.5 Å². The topological polar surface area (TPSA) is 53.5 Å². The van der Waals surface area contributed by atoms with Gasteiger partial charge in [-0.2, -0.15) is 4.31 Å². The van der Waals surface area contributed by atoms with Crippen LogP contribution in [0.5, 0.6) is 0 Å².